The minimum absolute atomic E-state index is 0.158. The van der Waals surface area contributed by atoms with Gasteiger partial charge in [-0.2, -0.15) is 0 Å². The van der Waals surface area contributed by atoms with Crippen molar-refractivity contribution < 1.29 is 5.11 Å². The van der Waals surface area contributed by atoms with Crippen LogP contribution in [-0.4, -0.2) is 24.3 Å². The van der Waals surface area contributed by atoms with E-state index in [1.807, 2.05) is 6.92 Å². The third-order valence-electron chi connectivity index (χ3n) is 1.17. The highest BCUT2D eigenvalue weighted by Crippen LogP contribution is 1.85. The molecule has 2 nitrogen and oxygen atoms in total. The molecule has 0 aromatic rings. The minimum atomic E-state index is -0.158. The third-order valence-corrected chi connectivity index (χ3v) is 1.17. The molecule has 0 radical (unpaired) electrons. The smallest absolute Gasteiger partial charge is 0.0524 e. The molecule has 0 rings (SSSR count). The molecule has 0 aromatic heterocycles. The maximum absolute atomic E-state index is 8.81. The minimum Gasteiger partial charge on any atom is -0.393 e. The van der Waals surface area contributed by atoms with Crippen molar-refractivity contribution in [1.82, 2.24) is 5.32 Å². The van der Waals surface area contributed by atoms with Gasteiger partial charge in [-0.3, -0.25) is 0 Å². The van der Waals surface area contributed by atoms with Gasteiger partial charge in [0.2, 0.25) is 0 Å². The molecular weight excluding hydrogens is 114 g/mol. The molecule has 0 bridgehead atoms. The zero-order chi connectivity index (χ0) is 7.11. The molecule has 0 aliphatic carbocycles. The first-order valence-corrected chi connectivity index (χ1v) is 3.66. The molecule has 0 aliphatic rings. The van der Waals surface area contributed by atoms with E-state index in [4.69, 9.17) is 5.11 Å². The number of hydrogen-bond donors (Lipinski definition) is 2. The van der Waals surface area contributed by atoms with E-state index in [9.17, 15) is 0 Å². The van der Waals surface area contributed by atoms with Crippen LogP contribution in [0.3, 0.4) is 0 Å². The Hall–Kier alpha value is -0.0800. The standard InChI is InChI=1S/C7H17NO/c1-3-5-8-6-4-7(2)9/h7-9H,3-6H2,1-2H3. The third kappa shape index (κ3) is 7.92. The number of nitrogens with one attached hydrogen (secondary N) is 1. The van der Waals surface area contributed by atoms with Crippen molar-refractivity contribution in [1.29, 1.82) is 0 Å². The van der Waals surface area contributed by atoms with Crippen LogP contribution in [0.1, 0.15) is 26.7 Å². The predicted molar refractivity (Wildman–Crippen MR) is 39.5 cm³/mol. The van der Waals surface area contributed by atoms with Crippen LogP contribution in [0.25, 0.3) is 0 Å². The van der Waals surface area contributed by atoms with Crippen molar-refractivity contribution >= 4 is 0 Å². The average molecular weight is 131 g/mol. The maximum Gasteiger partial charge on any atom is 0.0524 e. The van der Waals surface area contributed by atoms with Crippen molar-refractivity contribution in [2.75, 3.05) is 13.1 Å². The first-order valence-electron chi connectivity index (χ1n) is 3.66. The molecule has 0 aliphatic heterocycles. The topological polar surface area (TPSA) is 32.3 Å². The Morgan fingerprint density at radius 3 is 2.56 bits per heavy atom. The second kappa shape index (κ2) is 6.05. The van der Waals surface area contributed by atoms with Crippen LogP contribution in [0.5, 0.6) is 0 Å². The highest BCUT2D eigenvalue weighted by atomic mass is 16.3. The van der Waals surface area contributed by atoms with E-state index in [1.165, 1.54) is 6.42 Å². The molecule has 2 heteroatoms. The molecule has 0 fully saturated rings. The monoisotopic (exact) mass is 131 g/mol. The van der Waals surface area contributed by atoms with E-state index in [0.29, 0.717) is 0 Å². The van der Waals surface area contributed by atoms with E-state index in [2.05, 4.69) is 12.2 Å². The van der Waals surface area contributed by atoms with Crippen LogP contribution >= 0.6 is 0 Å². The number of aliphatic hydroxyl groups excluding tert-OH is 1. The zero-order valence-electron chi connectivity index (χ0n) is 6.35. The lowest BCUT2D eigenvalue weighted by Crippen LogP contribution is -2.19. The van der Waals surface area contributed by atoms with Crippen LogP contribution in [0.4, 0.5) is 0 Å². The van der Waals surface area contributed by atoms with Gasteiger partial charge in [-0.15, -0.1) is 0 Å². The SMILES string of the molecule is CCCNCCC(C)O. The Labute approximate surface area is 57.3 Å². The van der Waals surface area contributed by atoms with Gasteiger partial charge in [-0.05, 0) is 32.9 Å². The first kappa shape index (κ1) is 8.92. The fourth-order valence-electron chi connectivity index (χ4n) is 0.613. The van der Waals surface area contributed by atoms with Crippen molar-refractivity contribution in [3.63, 3.8) is 0 Å². The molecule has 0 saturated carbocycles. The lowest BCUT2D eigenvalue weighted by molar-refractivity contribution is 0.184. The lowest BCUT2D eigenvalue weighted by Gasteiger charge is -2.03. The summed E-state index contributed by atoms with van der Waals surface area (Å²) in [6, 6.07) is 0. The molecule has 0 heterocycles. The molecular formula is C7H17NO. The summed E-state index contributed by atoms with van der Waals surface area (Å²) in [6.07, 6.45) is 1.87. The van der Waals surface area contributed by atoms with E-state index in [1.54, 1.807) is 0 Å². The van der Waals surface area contributed by atoms with Crippen molar-refractivity contribution in [3.05, 3.63) is 0 Å². The fraction of sp³-hybridized carbons (Fsp3) is 1.00. The zero-order valence-corrected chi connectivity index (χ0v) is 6.35. The largest absolute Gasteiger partial charge is 0.393 e. The Morgan fingerprint density at radius 2 is 2.11 bits per heavy atom. The molecule has 0 amide bonds. The van der Waals surface area contributed by atoms with Crippen LogP contribution in [0.15, 0.2) is 0 Å². The summed E-state index contributed by atoms with van der Waals surface area (Å²) in [5.74, 6) is 0. The summed E-state index contributed by atoms with van der Waals surface area (Å²) >= 11 is 0. The van der Waals surface area contributed by atoms with Gasteiger partial charge in [0.25, 0.3) is 0 Å². The maximum atomic E-state index is 8.81. The molecule has 1 atom stereocenters. The summed E-state index contributed by atoms with van der Waals surface area (Å²) in [5, 5.41) is 12.0. The van der Waals surface area contributed by atoms with Crippen LogP contribution in [-0.2, 0) is 0 Å². The van der Waals surface area contributed by atoms with E-state index < -0.39 is 0 Å². The van der Waals surface area contributed by atoms with Crippen LogP contribution < -0.4 is 5.32 Å². The van der Waals surface area contributed by atoms with Gasteiger partial charge in [0, 0.05) is 0 Å². The Balaban J connectivity index is 2.75. The number of aliphatic hydroxyl groups is 1. The lowest BCUT2D eigenvalue weighted by atomic mass is 10.3. The summed E-state index contributed by atoms with van der Waals surface area (Å²) in [4.78, 5) is 0. The second-order valence-corrected chi connectivity index (χ2v) is 2.39. The van der Waals surface area contributed by atoms with E-state index in [-0.39, 0.29) is 6.10 Å². The van der Waals surface area contributed by atoms with Gasteiger partial charge in [-0.1, -0.05) is 6.92 Å². The Kier molecular flexibility index (Phi) is 5.99. The van der Waals surface area contributed by atoms with Gasteiger partial charge in [-0.25, -0.2) is 0 Å². The number of hydrogen-bond acceptors (Lipinski definition) is 2. The summed E-state index contributed by atoms with van der Waals surface area (Å²) in [5.41, 5.74) is 0. The van der Waals surface area contributed by atoms with E-state index in [0.717, 1.165) is 19.5 Å². The van der Waals surface area contributed by atoms with Gasteiger partial charge in [0.05, 0.1) is 6.10 Å². The summed E-state index contributed by atoms with van der Waals surface area (Å²) in [6.45, 7) is 5.95. The predicted octanol–water partition coefficient (Wildman–Crippen LogP) is 0.757. The molecule has 0 spiro atoms. The molecule has 56 valence electrons. The van der Waals surface area contributed by atoms with Gasteiger partial charge in [0.1, 0.15) is 0 Å². The molecule has 2 N–H and O–H groups in total. The fourth-order valence-corrected chi connectivity index (χ4v) is 0.613. The van der Waals surface area contributed by atoms with Crippen molar-refractivity contribution in [2.24, 2.45) is 0 Å². The van der Waals surface area contributed by atoms with Gasteiger partial charge < -0.3 is 10.4 Å². The Bertz CT molecular complexity index is 54.9. The Morgan fingerprint density at radius 1 is 1.44 bits per heavy atom. The molecule has 9 heavy (non-hydrogen) atoms. The summed E-state index contributed by atoms with van der Waals surface area (Å²) < 4.78 is 0. The highest BCUT2D eigenvalue weighted by molar-refractivity contribution is 4.50. The van der Waals surface area contributed by atoms with E-state index >= 15 is 0 Å². The first-order chi connectivity index (χ1) is 4.27. The average Bonchev–Trinajstić information content (AvgIpc) is 1.80. The molecule has 0 aromatic carbocycles. The second-order valence-electron chi connectivity index (χ2n) is 2.39. The number of rotatable bonds is 5. The molecule has 1 unspecified atom stereocenters. The highest BCUT2D eigenvalue weighted by Gasteiger charge is 1.92. The quantitative estimate of drug-likeness (QED) is 0.540. The van der Waals surface area contributed by atoms with Crippen LogP contribution in [0.2, 0.25) is 0 Å². The van der Waals surface area contributed by atoms with Crippen LogP contribution in [0, 0.1) is 0 Å². The van der Waals surface area contributed by atoms with Crippen molar-refractivity contribution in [3.8, 4) is 0 Å². The van der Waals surface area contributed by atoms with Gasteiger partial charge >= 0.3 is 0 Å². The molecule has 0 saturated heterocycles. The van der Waals surface area contributed by atoms with Crippen molar-refractivity contribution in [2.45, 2.75) is 32.8 Å². The van der Waals surface area contributed by atoms with Gasteiger partial charge in [0.15, 0.2) is 0 Å². The normalized spacial score (nSPS) is 13.7. The summed E-state index contributed by atoms with van der Waals surface area (Å²) in [7, 11) is 0.